The maximum absolute atomic E-state index is 10.8. The minimum absolute atomic E-state index is 0.568. The second-order valence-electron chi connectivity index (χ2n) is 4.56. The lowest BCUT2D eigenvalue weighted by Crippen LogP contribution is -1.96. The zero-order valence-electron chi connectivity index (χ0n) is 9.90. The fraction of sp³-hybridized carbons (Fsp3) is 0.385. The van der Waals surface area contributed by atoms with E-state index in [9.17, 15) is 4.79 Å². The number of nitrogens with zero attached hydrogens (tertiary/aromatic N) is 2. The van der Waals surface area contributed by atoms with Crippen LogP contribution in [0.5, 0.6) is 0 Å². The van der Waals surface area contributed by atoms with Crippen molar-refractivity contribution in [2.24, 2.45) is 13.0 Å². The van der Waals surface area contributed by atoms with Gasteiger partial charge in [0.15, 0.2) is 0 Å². The van der Waals surface area contributed by atoms with E-state index in [4.69, 9.17) is 0 Å². The van der Waals surface area contributed by atoms with Crippen molar-refractivity contribution >= 4 is 17.2 Å². The van der Waals surface area contributed by atoms with Crippen LogP contribution in [0.25, 0.3) is 10.9 Å². The molecule has 3 nitrogen and oxygen atoms in total. The van der Waals surface area contributed by atoms with E-state index in [-0.39, 0.29) is 0 Å². The van der Waals surface area contributed by atoms with Crippen LogP contribution in [0.3, 0.4) is 0 Å². The van der Waals surface area contributed by atoms with E-state index in [1.54, 1.807) is 0 Å². The molecule has 1 heterocycles. The van der Waals surface area contributed by atoms with Gasteiger partial charge in [-0.15, -0.1) is 0 Å². The smallest absolute Gasteiger partial charge is 0.150 e. The summed E-state index contributed by atoms with van der Waals surface area (Å²) in [7, 11) is 1.94. The van der Waals surface area contributed by atoms with Crippen molar-refractivity contribution in [1.29, 1.82) is 0 Å². The van der Waals surface area contributed by atoms with Crippen LogP contribution in [0.2, 0.25) is 0 Å². The molecule has 0 saturated carbocycles. The van der Waals surface area contributed by atoms with Crippen molar-refractivity contribution in [2.75, 3.05) is 0 Å². The summed E-state index contributed by atoms with van der Waals surface area (Å²) >= 11 is 0. The Morgan fingerprint density at radius 1 is 1.44 bits per heavy atom. The number of aryl methyl sites for hydroxylation is 1. The van der Waals surface area contributed by atoms with E-state index in [2.05, 4.69) is 18.9 Å². The third-order valence-electron chi connectivity index (χ3n) is 2.69. The highest BCUT2D eigenvalue weighted by molar-refractivity contribution is 5.88. The van der Waals surface area contributed by atoms with Crippen LogP contribution >= 0.6 is 0 Å². The highest BCUT2D eigenvalue weighted by Crippen LogP contribution is 2.21. The molecule has 0 saturated heterocycles. The van der Waals surface area contributed by atoms with Gasteiger partial charge in [-0.05, 0) is 30.5 Å². The maximum Gasteiger partial charge on any atom is 0.150 e. The summed E-state index contributed by atoms with van der Waals surface area (Å²) in [5, 5.41) is 5.60. The van der Waals surface area contributed by atoms with E-state index in [0.29, 0.717) is 11.5 Å². The van der Waals surface area contributed by atoms with Gasteiger partial charge >= 0.3 is 0 Å². The first-order chi connectivity index (χ1) is 7.61. The van der Waals surface area contributed by atoms with Gasteiger partial charge in [-0.25, -0.2) is 0 Å². The first-order valence-corrected chi connectivity index (χ1v) is 5.52. The Labute approximate surface area is 95.1 Å². The molecule has 0 aliphatic heterocycles. The van der Waals surface area contributed by atoms with Crippen molar-refractivity contribution < 1.29 is 4.79 Å². The fourth-order valence-electron chi connectivity index (χ4n) is 1.97. The molecule has 0 N–H and O–H groups in total. The molecule has 84 valence electrons. The van der Waals surface area contributed by atoms with E-state index < -0.39 is 0 Å². The predicted molar refractivity (Wildman–Crippen MR) is 64.6 cm³/mol. The highest BCUT2D eigenvalue weighted by Gasteiger charge is 2.10. The molecule has 0 fully saturated rings. The van der Waals surface area contributed by atoms with Gasteiger partial charge in [-0.3, -0.25) is 9.48 Å². The summed E-state index contributed by atoms with van der Waals surface area (Å²) < 4.78 is 1.88. The van der Waals surface area contributed by atoms with Crippen LogP contribution in [0.4, 0.5) is 0 Å². The SMILES string of the molecule is CC(C)Cc1nn(C)c2ccc(C=O)cc12. The third-order valence-corrected chi connectivity index (χ3v) is 2.69. The van der Waals surface area contributed by atoms with E-state index in [1.807, 2.05) is 29.9 Å². The summed E-state index contributed by atoms with van der Waals surface area (Å²) in [5.41, 5.74) is 2.88. The predicted octanol–water partition coefficient (Wildman–Crippen LogP) is 2.58. The van der Waals surface area contributed by atoms with Crippen LogP contribution in [-0.2, 0) is 13.5 Å². The number of benzene rings is 1. The van der Waals surface area contributed by atoms with Crippen LogP contribution in [0, 0.1) is 5.92 Å². The van der Waals surface area contributed by atoms with E-state index in [1.165, 1.54) is 0 Å². The number of hydrogen-bond acceptors (Lipinski definition) is 2. The number of aromatic nitrogens is 2. The van der Waals surface area contributed by atoms with Gasteiger partial charge < -0.3 is 0 Å². The second-order valence-corrected chi connectivity index (χ2v) is 4.56. The van der Waals surface area contributed by atoms with Gasteiger partial charge in [0, 0.05) is 18.0 Å². The molecule has 3 heteroatoms. The Balaban J connectivity index is 2.60. The lowest BCUT2D eigenvalue weighted by molar-refractivity contribution is 0.112. The fourth-order valence-corrected chi connectivity index (χ4v) is 1.97. The molecule has 0 amide bonds. The zero-order valence-corrected chi connectivity index (χ0v) is 9.90. The van der Waals surface area contributed by atoms with Gasteiger partial charge in [-0.2, -0.15) is 5.10 Å². The van der Waals surface area contributed by atoms with E-state index in [0.717, 1.165) is 29.3 Å². The quantitative estimate of drug-likeness (QED) is 0.739. The molecule has 0 unspecified atom stereocenters. The first-order valence-electron chi connectivity index (χ1n) is 5.52. The summed E-state index contributed by atoms with van der Waals surface area (Å²) in [6.45, 7) is 4.34. The van der Waals surface area contributed by atoms with Gasteiger partial charge in [0.05, 0.1) is 11.2 Å². The number of hydrogen-bond donors (Lipinski definition) is 0. The maximum atomic E-state index is 10.8. The summed E-state index contributed by atoms with van der Waals surface area (Å²) in [4.78, 5) is 10.8. The topological polar surface area (TPSA) is 34.9 Å². The molecule has 0 aliphatic rings. The summed E-state index contributed by atoms with van der Waals surface area (Å²) in [6, 6.07) is 5.71. The van der Waals surface area contributed by atoms with Crippen molar-refractivity contribution in [1.82, 2.24) is 9.78 Å². The minimum atomic E-state index is 0.568. The Kier molecular flexibility index (Phi) is 2.77. The van der Waals surface area contributed by atoms with E-state index >= 15 is 0 Å². The molecule has 0 aliphatic carbocycles. The zero-order chi connectivity index (χ0) is 11.7. The number of carbonyl (C=O) groups excluding carboxylic acids is 1. The van der Waals surface area contributed by atoms with Crippen LogP contribution in [0.1, 0.15) is 29.9 Å². The molecule has 2 aromatic rings. The van der Waals surface area contributed by atoms with Gasteiger partial charge in [0.1, 0.15) is 6.29 Å². The van der Waals surface area contributed by atoms with Gasteiger partial charge in [0.2, 0.25) is 0 Å². The molecule has 0 radical (unpaired) electrons. The molecular formula is C13H16N2O. The number of fused-ring (bicyclic) bond motifs is 1. The van der Waals surface area contributed by atoms with Crippen molar-refractivity contribution in [3.05, 3.63) is 29.5 Å². The summed E-state index contributed by atoms with van der Waals surface area (Å²) in [5.74, 6) is 0.568. The molecule has 0 bridgehead atoms. The lowest BCUT2D eigenvalue weighted by atomic mass is 10.0. The normalized spacial score (nSPS) is 11.2. The second kappa shape index (κ2) is 4.08. The standard InChI is InChI=1S/C13H16N2O/c1-9(2)6-12-11-7-10(8-16)4-5-13(11)15(3)14-12/h4-5,7-9H,6H2,1-3H3. The number of carbonyl (C=O) groups is 1. The van der Waals surface area contributed by atoms with Crippen LogP contribution < -0.4 is 0 Å². The summed E-state index contributed by atoms with van der Waals surface area (Å²) in [6.07, 6.45) is 1.82. The van der Waals surface area contributed by atoms with Crippen LogP contribution in [-0.4, -0.2) is 16.1 Å². The average Bonchev–Trinajstić information content (AvgIpc) is 2.54. The average molecular weight is 216 g/mol. The molecule has 0 atom stereocenters. The third kappa shape index (κ3) is 1.85. The Morgan fingerprint density at radius 2 is 2.19 bits per heavy atom. The van der Waals surface area contributed by atoms with Gasteiger partial charge in [-0.1, -0.05) is 13.8 Å². The molecule has 1 aromatic carbocycles. The van der Waals surface area contributed by atoms with Crippen LogP contribution in [0.15, 0.2) is 18.2 Å². The minimum Gasteiger partial charge on any atom is -0.298 e. The molecule has 2 rings (SSSR count). The molecule has 1 aromatic heterocycles. The van der Waals surface area contributed by atoms with Crippen molar-refractivity contribution in [2.45, 2.75) is 20.3 Å². The first kappa shape index (κ1) is 10.9. The molecular weight excluding hydrogens is 200 g/mol. The number of rotatable bonds is 3. The molecule has 0 spiro atoms. The largest absolute Gasteiger partial charge is 0.298 e. The lowest BCUT2D eigenvalue weighted by Gasteiger charge is -2.01. The Hall–Kier alpha value is -1.64. The monoisotopic (exact) mass is 216 g/mol. The van der Waals surface area contributed by atoms with Crippen molar-refractivity contribution in [3.63, 3.8) is 0 Å². The van der Waals surface area contributed by atoms with Crippen molar-refractivity contribution in [3.8, 4) is 0 Å². The Bertz CT molecular complexity index is 526. The number of aldehydes is 1. The van der Waals surface area contributed by atoms with Gasteiger partial charge in [0.25, 0.3) is 0 Å². The molecule has 16 heavy (non-hydrogen) atoms. The Morgan fingerprint density at radius 3 is 2.81 bits per heavy atom. The highest BCUT2D eigenvalue weighted by atomic mass is 16.1.